The van der Waals surface area contributed by atoms with Crippen LogP contribution in [0.25, 0.3) is 0 Å². The number of benzene rings is 1. The molecule has 0 atom stereocenters. The zero-order valence-corrected chi connectivity index (χ0v) is 12.4. The largest absolute Gasteiger partial charge is 0.335 e. The number of urea groups is 1. The monoisotopic (exact) mass is 293 g/mol. The summed E-state index contributed by atoms with van der Waals surface area (Å²) in [7, 11) is 0. The Morgan fingerprint density at radius 3 is 2.50 bits per heavy atom. The predicted octanol–water partition coefficient (Wildman–Crippen LogP) is 3.70. The summed E-state index contributed by atoms with van der Waals surface area (Å²) >= 11 is 5.83. The normalized spacial score (nSPS) is 16.8. The molecule has 108 valence electrons. The summed E-state index contributed by atoms with van der Waals surface area (Å²) in [5, 5.41) is 7.74. The first-order chi connectivity index (χ1) is 9.65. The van der Waals surface area contributed by atoms with E-state index in [1.54, 1.807) is 12.1 Å². The number of hydrogen-bond donors (Lipinski definition) is 2. The average molecular weight is 294 g/mol. The molecule has 0 heterocycles. The van der Waals surface area contributed by atoms with Crippen molar-refractivity contribution in [3.05, 3.63) is 34.9 Å². The Balaban J connectivity index is 1.84. The summed E-state index contributed by atoms with van der Waals surface area (Å²) in [6, 6.07) is 7.42. The van der Waals surface area contributed by atoms with Crippen LogP contribution in [-0.4, -0.2) is 17.8 Å². The minimum absolute atomic E-state index is 0.231. The Hall–Kier alpha value is -1.55. The van der Waals surface area contributed by atoms with E-state index < -0.39 is 0 Å². The second kappa shape index (κ2) is 7.29. The average Bonchev–Trinajstić information content (AvgIpc) is 2.46. The predicted molar refractivity (Wildman–Crippen MR) is 82.2 cm³/mol. The highest BCUT2D eigenvalue weighted by atomic mass is 35.5. The maximum Gasteiger partial charge on any atom is 0.335 e. The second-order valence-corrected chi connectivity index (χ2v) is 5.56. The van der Waals surface area contributed by atoms with Crippen LogP contribution < -0.4 is 10.7 Å². The number of carbonyl (C=O) groups excluding carboxylic acids is 1. The van der Waals surface area contributed by atoms with Gasteiger partial charge in [-0.3, -0.25) is 0 Å². The van der Waals surface area contributed by atoms with Crippen LogP contribution in [0, 0.1) is 0 Å². The van der Waals surface area contributed by atoms with Crippen molar-refractivity contribution in [3.8, 4) is 0 Å². The number of amides is 2. The van der Waals surface area contributed by atoms with Crippen LogP contribution in [-0.2, 0) is 0 Å². The third-order valence-electron chi connectivity index (χ3n) is 3.53. The van der Waals surface area contributed by atoms with Gasteiger partial charge in [0.2, 0.25) is 0 Å². The van der Waals surface area contributed by atoms with Gasteiger partial charge in [-0.15, -0.1) is 0 Å². The van der Waals surface area contributed by atoms with Crippen LogP contribution in [0.4, 0.5) is 4.79 Å². The molecule has 0 radical (unpaired) electrons. The molecule has 0 saturated heterocycles. The highest BCUT2D eigenvalue weighted by Crippen LogP contribution is 2.17. The van der Waals surface area contributed by atoms with E-state index >= 15 is 0 Å². The molecular formula is C15H20ClN3O. The van der Waals surface area contributed by atoms with Gasteiger partial charge in [0.1, 0.15) is 0 Å². The van der Waals surface area contributed by atoms with E-state index in [-0.39, 0.29) is 12.1 Å². The Morgan fingerprint density at radius 1 is 1.20 bits per heavy atom. The molecule has 0 unspecified atom stereocenters. The van der Waals surface area contributed by atoms with Crippen LogP contribution in [0.2, 0.25) is 5.02 Å². The molecule has 0 aromatic heterocycles. The molecule has 1 aliphatic rings. The van der Waals surface area contributed by atoms with E-state index in [1.807, 2.05) is 19.1 Å². The fraction of sp³-hybridized carbons (Fsp3) is 0.467. The fourth-order valence-electron chi connectivity index (χ4n) is 2.35. The van der Waals surface area contributed by atoms with Crippen LogP contribution in [0.5, 0.6) is 0 Å². The standard InChI is InChI=1S/C15H20ClN3O/c1-11(12-7-9-13(16)10-8-12)18-19-15(20)17-14-5-3-2-4-6-14/h7-10,14H,2-6H2,1H3,(H2,17,19,20)/b18-11+. The van der Waals surface area contributed by atoms with Crippen molar-refractivity contribution in [2.24, 2.45) is 5.10 Å². The summed E-state index contributed by atoms with van der Waals surface area (Å²) in [6.45, 7) is 1.85. The van der Waals surface area contributed by atoms with Crippen molar-refractivity contribution < 1.29 is 4.79 Å². The SMILES string of the molecule is C/C(=N\NC(=O)NC1CCCCC1)c1ccc(Cl)cc1. The maximum atomic E-state index is 11.8. The Kier molecular flexibility index (Phi) is 5.41. The molecule has 2 amide bonds. The molecule has 0 aliphatic heterocycles. The van der Waals surface area contributed by atoms with Gasteiger partial charge in [0.15, 0.2) is 0 Å². The Morgan fingerprint density at radius 2 is 1.85 bits per heavy atom. The molecular weight excluding hydrogens is 274 g/mol. The molecule has 1 aromatic rings. The number of nitrogens with one attached hydrogen (secondary N) is 2. The number of hydrazone groups is 1. The molecule has 0 spiro atoms. The van der Waals surface area contributed by atoms with Gasteiger partial charge in [-0.2, -0.15) is 5.10 Å². The summed E-state index contributed by atoms with van der Waals surface area (Å²) in [5.74, 6) is 0. The summed E-state index contributed by atoms with van der Waals surface area (Å²) < 4.78 is 0. The quantitative estimate of drug-likeness (QED) is 0.648. The summed E-state index contributed by atoms with van der Waals surface area (Å²) in [6.07, 6.45) is 5.78. The number of nitrogens with zero attached hydrogens (tertiary/aromatic N) is 1. The molecule has 2 N–H and O–H groups in total. The van der Waals surface area contributed by atoms with Crippen molar-refractivity contribution in [1.29, 1.82) is 0 Å². The molecule has 5 heteroatoms. The molecule has 1 fully saturated rings. The first-order valence-corrected chi connectivity index (χ1v) is 7.39. The van der Waals surface area contributed by atoms with Crippen molar-refractivity contribution in [2.45, 2.75) is 45.1 Å². The van der Waals surface area contributed by atoms with E-state index in [1.165, 1.54) is 19.3 Å². The van der Waals surface area contributed by atoms with E-state index in [4.69, 9.17) is 11.6 Å². The summed E-state index contributed by atoms with van der Waals surface area (Å²) in [5.41, 5.74) is 4.24. The van der Waals surface area contributed by atoms with Crippen LogP contribution in [0.15, 0.2) is 29.4 Å². The van der Waals surface area contributed by atoms with Gasteiger partial charge >= 0.3 is 6.03 Å². The highest BCUT2D eigenvalue weighted by molar-refractivity contribution is 6.30. The first-order valence-electron chi connectivity index (χ1n) is 7.02. The van der Waals surface area contributed by atoms with Crippen molar-refractivity contribution in [2.75, 3.05) is 0 Å². The Bertz CT molecular complexity index is 478. The summed E-state index contributed by atoms with van der Waals surface area (Å²) in [4.78, 5) is 11.8. The van der Waals surface area contributed by atoms with Crippen LogP contribution in [0.3, 0.4) is 0 Å². The lowest BCUT2D eigenvalue weighted by Crippen LogP contribution is -2.41. The molecule has 1 aromatic carbocycles. The van der Waals surface area contributed by atoms with Crippen molar-refractivity contribution >= 4 is 23.3 Å². The Labute approximate surface area is 124 Å². The molecule has 0 bridgehead atoms. The van der Waals surface area contributed by atoms with Gasteiger partial charge < -0.3 is 5.32 Å². The third-order valence-corrected chi connectivity index (χ3v) is 3.78. The fourth-order valence-corrected chi connectivity index (χ4v) is 2.48. The zero-order chi connectivity index (χ0) is 14.4. The number of hydrogen-bond acceptors (Lipinski definition) is 2. The van der Waals surface area contributed by atoms with E-state index in [0.29, 0.717) is 5.02 Å². The zero-order valence-electron chi connectivity index (χ0n) is 11.7. The van der Waals surface area contributed by atoms with Crippen LogP contribution >= 0.6 is 11.6 Å². The van der Waals surface area contributed by atoms with Gasteiger partial charge in [0, 0.05) is 11.1 Å². The molecule has 2 rings (SSSR count). The smallest absolute Gasteiger partial charge is 0.334 e. The van der Waals surface area contributed by atoms with Gasteiger partial charge in [-0.25, -0.2) is 10.2 Å². The van der Waals surface area contributed by atoms with Crippen molar-refractivity contribution in [3.63, 3.8) is 0 Å². The van der Waals surface area contributed by atoms with Crippen molar-refractivity contribution in [1.82, 2.24) is 10.7 Å². The molecule has 1 saturated carbocycles. The lowest BCUT2D eigenvalue weighted by molar-refractivity contribution is 0.233. The van der Waals surface area contributed by atoms with Gasteiger partial charge in [0.25, 0.3) is 0 Å². The van der Waals surface area contributed by atoms with Gasteiger partial charge in [-0.05, 0) is 37.5 Å². The lowest BCUT2D eigenvalue weighted by Gasteiger charge is -2.22. The second-order valence-electron chi connectivity index (χ2n) is 5.12. The van der Waals surface area contributed by atoms with Crippen LogP contribution in [0.1, 0.15) is 44.6 Å². The molecule has 20 heavy (non-hydrogen) atoms. The van der Waals surface area contributed by atoms with Gasteiger partial charge in [-0.1, -0.05) is 43.0 Å². The number of halogens is 1. The molecule has 1 aliphatic carbocycles. The topological polar surface area (TPSA) is 53.5 Å². The first kappa shape index (κ1) is 14.9. The van der Waals surface area contributed by atoms with E-state index in [0.717, 1.165) is 24.1 Å². The minimum Gasteiger partial charge on any atom is -0.334 e. The molecule has 4 nitrogen and oxygen atoms in total. The number of rotatable bonds is 3. The van der Waals surface area contributed by atoms with E-state index in [9.17, 15) is 4.79 Å². The highest BCUT2D eigenvalue weighted by Gasteiger charge is 2.15. The van der Waals surface area contributed by atoms with E-state index in [2.05, 4.69) is 15.8 Å². The minimum atomic E-state index is -0.231. The van der Waals surface area contributed by atoms with Gasteiger partial charge in [0.05, 0.1) is 5.71 Å². The maximum absolute atomic E-state index is 11.8. The third kappa shape index (κ3) is 4.53. The lowest BCUT2D eigenvalue weighted by atomic mass is 9.96. The number of carbonyl (C=O) groups is 1.